The number of allylic oxidation sites excluding steroid dienone is 2. The summed E-state index contributed by atoms with van der Waals surface area (Å²) < 4.78 is 0. The quantitative estimate of drug-likeness (QED) is 0.623. The van der Waals surface area contributed by atoms with Gasteiger partial charge in [-0.1, -0.05) is 18.2 Å². The van der Waals surface area contributed by atoms with Gasteiger partial charge >= 0.3 is 0 Å². The molecule has 5 nitrogen and oxygen atoms in total. The van der Waals surface area contributed by atoms with Gasteiger partial charge in [-0.15, -0.1) is 6.58 Å². The number of nitrogens with one attached hydrogen (secondary N) is 1. The molecule has 2 rings (SSSR count). The van der Waals surface area contributed by atoms with Gasteiger partial charge < -0.3 is 11.1 Å². The Morgan fingerprint density at radius 1 is 1.37 bits per heavy atom. The van der Waals surface area contributed by atoms with Crippen molar-refractivity contribution >= 4 is 17.3 Å². The second-order valence-corrected chi connectivity index (χ2v) is 3.96. The van der Waals surface area contributed by atoms with E-state index in [-0.39, 0.29) is 34.6 Å². The van der Waals surface area contributed by atoms with Crippen LogP contribution in [-0.4, -0.2) is 18.1 Å². The van der Waals surface area contributed by atoms with Crippen molar-refractivity contribution in [3.63, 3.8) is 0 Å². The molecule has 0 atom stereocenters. The van der Waals surface area contributed by atoms with Crippen molar-refractivity contribution in [2.75, 3.05) is 12.3 Å². The van der Waals surface area contributed by atoms with Gasteiger partial charge in [0.15, 0.2) is 0 Å². The van der Waals surface area contributed by atoms with E-state index in [1.165, 1.54) is 12.1 Å². The summed E-state index contributed by atoms with van der Waals surface area (Å²) in [6.45, 7) is 3.79. The number of nitrogens with two attached hydrogens (primary N) is 1. The number of ketones is 2. The number of nitrogens with zero attached hydrogens (tertiary/aromatic N) is 1. The molecule has 5 heteroatoms. The minimum absolute atomic E-state index is 0.0159. The summed E-state index contributed by atoms with van der Waals surface area (Å²) in [4.78, 5) is 24.5. The second-order valence-electron chi connectivity index (χ2n) is 3.96. The van der Waals surface area contributed by atoms with E-state index in [0.717, 1.165) is 0 Å². The smallest absolute Gasteiger partial charge is 0.213 e. The number of carbonyl (C=O) groups is 2. The predicted octanol–water partition coefficient (Wildman–Crippen LogP) is 1.20. The van der Waals surface area contributed by atoms with Gasteiger partial charge in [0.2, 0.25) is 11.6 Å². The maximum atomic E-state index is 12.3. The Bertz CT molecular complexity index is 666. The lowest BCUT2D eigenvalue weighted by Gasteiger charge is -2.19. The Morgan fingerprint density at radius 2 is 2.11 bits per heavy atom. The molecule has 0 saturated heterocycles. The SMILES string of the molecule is C=CCNC1=C(C#N)C(=O)c2cccc(N)c2C1=O. The Labute approximate surface area is 110 Å². The molecule has 0 amide bonds. The highest BCUT2D eigenvalue weighted by Gasteiger charge is 2.33. The maximum absolute atomic E-state index is 12.3. The third kappa shape index (κ3) is 1.89. The maximum Gasteiger partial charge on any atom is 0.213 e. The molecule has 3 N–H and O–H groups in total. The number of hydrogen-bond donors (Lipinski definition) is 2. The fourth-order valence-corrected chi connectivity index (χ4v) is 1.95. The highest BCUT2D eigenvalue weighted by molar-refractivity contribution is 6.29. The summed E-state index contributed by atoms with van der Waals surface area (Å²) in [7, 11) is 0. The number of carbonyl (C=O) groups excluding carboxylic acids is 2. The summed E-state index contributed by atoms with van der Waals surface area (Å²) in [5, 5.41) is 11.8. The molecule has 94 valence electrons. The van der Waals surface area contributed by atoms with Crippen LogP contribution in [0.5, 0.6) is 0 Å². The van der Waals surface area contributed by atoms with E-state index in [1.807, 2.05) is 0 Å². The molecule has 0 saturated carbocycles. The zero-order chi connectivity index (χ0) is 14.0. The third-order valence-electron chi connectivity index (χ3n) is 2.81. The molecular weight excluding hydrogens is 242 g/mol. The lowest BCUT2D eigenvalue weighted by atomic mass is 9.86. The Balaban J connectivity index is 2.64. The summed E-state index contributed by atoms with van der Waals surface area (Å²) >= 11 is 0. The van der Waals surface area contributed by atoms with Crippen molar-refractivity contribution in [2.24, 2.45) is 0 Å². The molecule has 1 aromatic rings. The van der Waals surface area contributed by atoms with Crippen LogP contribution in [0, 0.1) is 11.3 Å². The largest absolute Gasteiger partial charge is 0.398 e. The van der Waals surface area contributed by atoms with Crippen molar-refractivity contribution in [3.05, 3.63) is 53.3 Å². The van der Waals surface area contributed by atoms with Crippen molar-refractivity contribution in [2.45, 2.75) is 0 Å². The highest BCUT2D eigenvalue weighted by atomic mass is 16.1. The Hall–Kier alpha value is -2.87. The van der Waals surface area contributed by atoms with E-state index in [0.29, 0.717) is 0 Å². The molecule has 0 radical (unpaired) electrons. The first kappa shape index (κ1) is 12.6. The van der Waals surface area contributed by atoms with Gasteiger partial charge in [0.05, 0.1) is 5.56 Å². The van der Waals surface area contributed by atoms with E-state index in [2.05, 4.69) is 11.9 Å². The number of hydrogen-bond acceptors (Lipinski definition) is 5. The summed E-state index contributed by atoms with van der Waals surface area (Å²) in [5.74, 6) is -0.929. The number of nitriles is 1. The lowest BCUT2D eigenvalue weighted by molar-refractivity contribution is 0.0973. The van der Waals surface area contributed by atoms with Gasteiger partial charge in [-0.3, -0.25) is 9.59 Å². The molecular formula is C14H11N3O2. The standard InChI is InChI=1S/C14H11N3O2/c1-2-6-17-12-9(7-15)13(18)8-4-3-5-10(16)11(8)14(12)19/h2-5,17H,1,6,16H2. The van der Waals surface area contributed by atoms with Crippen molar-refractivity contribution < 1.29 is 9.59 Å². The summed E-state index contributed by atoms with van der Waals surface area (Å²) in [5.41, 5.74) is 6.09. The van der Waals surface area contributed by atoms with Gasteiger partial charge in [-0.25, -0.2) is 0 Å². The molecule has 0 heterocycles. The molecule has 0 aliphatic heterocycles. The summed E-state index contributed by atoms with van der Waals surface area (Å²) in [6.07, 6.45) is 1.53. The average Bonchev–Trinajstić information content (AvgIpc) is 2.41. The topological polar surface area (TPSA) is 96.0 Å². The van der Waals surface area contributed by atoms with Crippen LogP contribution in [0.3, 0.4) is 0 Å². The second kappa shape index (κ2) is 4.78. The molecule has 0 aromatic heterocycles. The van der Waals surface area contributed by atoms with Crippen LogP contribution in [0.4, 0.5) is 5.69 Å². The molecule has 0 unspecified atom stereocenters. The molecule has 19 heavy (non-hydrogen) atoms. The van der Waals surface area contributed by atoms with Gasteiger partial charge in [0.1, 0.15) is 17.3 Å². The van der Waals surface area contributed by atoms with E-state index in [1.54, 1.807) is 18.2 Å². The van der Waals surface area contributed by atoms with Gasteiger partial charge in [-0.2, -0.15) is 5.26 Å². The lowest BCUT2D eigenvalue weighted by Crippen LogP contribution is -2.31. The van der Waals surface area contributed by atoms with E-state index < -0.39 is 11.6 Å². The normalized spacial score (nSPS) is 13.8. The molecule has 0 spiro atoms. The number of fused-ring (bicyclic) bond motifs is 1. The van der Waals surface area contributed by atoms with Crippen LogP contribution in [0.1, 0.15) is 20.7 Å². The fraction of sp³-hybridized carbons (Fsp3) is 0.0714. The molecule has 1 aromatic carbocycles. The number of benzene rings is 1. The first-order chi connectivity index (χ1) is 9.11. The minimum atomic E-state index is -0.490. The van der Waals surface area contributed by atoms with Crippen LogP contribution in [-0.2, 0) is 0 Å². The third-order valence-corrected chi connectivity index (χ3v) is 2.81. The number of rotatable bonds is 3. The fourth-order valence-electron chi connectivity index (χ4n) is 1.95. The average molecular weight is 253 g/mol. The molecule has 0 bridgehead atoms. The summed E-state index contributed by atoms with van der Waals surface area (Å²) in [6, 6.07) is 6.40. The number of anilines is 1. The van der Waals surface area contributed by atoms with Crippen LogP contribution >= 0.6 is 0 Å². The Kier molecular flexibility index (Phi) is 3.17. The van der Waals surface area contributed by atoms with Crippen molar-refractivity contribution in [3.8, 4) is 6.07 Å². The van der Waals surface area contributed by atoms with Gasteiger partial charge in [0, 0.05) is 17.8 Å². The van der Waals surface area contributed by atoms with E-state index >= 15 is 0 Å². The van der Waals surface area contributed by atoms with E-state index in [9.17, 15) is 9.59 Å². The molecule has 0 fully saturated rings. The van der Waals surface area contributed by atoms with Crippen LogP contribution in [0.2, 0.25) is 0 Å². The zero-order valence-electron chi connectivity index (χ0n) is 10.1. The number of nitrogen functional groups attached to an aromatic ring is 1. The number of Topliss-reactive ketones (excluding diaryl/α,β-unsaturated/α-hetero) is 2. The van der Waals surface area contributed by atoms with Crippen LogP contribution in [0.25, 0.3) is 0 Å². The van der Waals surface area contributed by atoms with Gasteiger partial charge in [0.25, 0.3) is 0 Å². The van der Waals surface area contributed by atoms with Gasteiger partial charge in [-0.05, 0) is 6.07 Å². The first-order valence-corrected chi connectivity index (χ1v) is 5.58. The Morgan fingerprint density at radius 3 is 2.74 bits per heavy atom. The van der Waals surface area contributed by atoms with Crippen LogP contribution < -0.4 is 11.1 Å². The van der Waals surface area contributed by atoms with Crippen LogP contribution in [0.15, 0.2) is 42.1 Å². The molecule has 1 aliphatic carbocycles. The van der Waals surface area contributed by atoms with Crippen molar-refractivity contribution in [1.29, 1.82) is 5.26 Å². The zero-order valence-corrected chi connectivity index (χ0v) is 10.1. The van der Waals surface area contributed by atoms with E-state index in [4.69, 9.17) is 11.0 Å². The predicted molar refractivity (Wildman–Crippen MR) is 70.4 cm³/mol. The first-order valence-electron chi connectivity index (χ1n) is 5.58. The monoisotopic (exact) mass is 253 g/mol. The van der Waals surface area contributed by atoms with Crippen molar-refractivity contribution in [1.82, 2.24) is 5.32 Å². The highest BCUT2D eigenvalue weighted by Crippen LogP contribution is 2.28. The molecule has 1 aliphatic rings. The minimum Gasteiger partial charge on any atom is -0.398 e.